The van der Waals surface area contributed by atoms with E-state index in [2.05, 4.69) is 15.0 Å². The van der Waals surface area contributed by atoms with Crippen LogP contribution in [0.15, 0.2) is 10.9 Å². The monoisotopic (exact) mass is 254 g/mol. The summed E-state index contributed by atoms with van der Waals surface area (Å²) in [6.07, 6.45) is -4.39. The lowest BCUT2D eigenvalue weighted by Crippen LogP contribution is -2.36. The second-order valence-corrected chi connectivity index (χ2v) is 3.58. The topological polar surface area (TPSA) is 51.2 Å². The minimum Gasteiger partial charge on any atom is -0.468 e. The molecule has 0 bridgehead atoms. The number of rotatable bonds is 4. The molecule has 0 saturated heterocycles. The van der Waals surface area contributed by atoms with Gasteiger partial charge in [-0.05, 0) is 0 Å². The standard InChI is InChI=1S/C8H9F3N2O2S/c1-15-7(14)6(5-2-16-4-13-5)12-3-8(9,10)11/h2,4,6,12H,3H2,1H3. The molecule has 16 heavy (non-hydrogen) atoms. The zero-order valence-corrected chi connectivity index (χ0v) is 9.06. The zero-order chi connectivity index (χ0) is 12.2. The van der Waals surface area contributed by atoms with Crippen molar-refractivity contribution in [2.45, 2.75) is 12.2 Å². The molecule has 0 aliphatic heterocycles. The largest absolute Gasteiger partial charge is 0.468 e. The van der Waals surface area contributed by atoms with Gasteiger partial charge in [0.1, 0.15) is 6.04 Å². The van der Waals surface area contributed by atoms with Crippen LogP contribution in [-0.2, 0) is 9.53 Å². The van der Waals surface area contributed by atoms with Crippen molar-refractivity contribution in [2.24, 2.45) is 0 Å². The third kappa shape index (κ3) is 3.78. The number of halogens is 3. The zero-order valence-electron chi connectivity index (χ0n) is 8.25. The molecule has 1 atom stereocenters. The molecule has 1 N–H and O–H groups in total. The SMILES string of the molecule is COC(=O)C(NCC(F)(F)F)c1cscn1. The number of ether oxygens (including phenoxy) is 1. The van der Waals surface area contributed by atoms with Gasteiger partial charge in [-0.3, -0.25) is 5.32 Å². The number of thiazole rings is 1. The third-order valence-electron chi connectivity index (χ3n) is 1.69. The summed E-state index contributed by atoms with van der Waals surface area (Å²) >= 11 is 1.19. The highest BCUT2D eigenvalue weighted by Crippen LogP contribution is 2.18. The minimum atomic E-state index is -4.39. The first kappa shape index (κ1) is 12.9. The normalized spacial score (nSPS) is 13.5. The average Bonchev–Trinajstić information content (AvgIpc) is 2.69. The summed E-state index contributed by atoms with van der Waals surface area (Å²) in [4.78, 5) is 15.0. The summed E-state index contributed by atoms with van der Waals surface area (Å²) in [6.45, 7) is -1.27. The highest BCUT2D eigenvalue weighted by atomic mass is 32.1. The van der Waals surface area contributed by atoms with E-state index in [9.17, 15) is 18.0 Å². The maximum atomic E-state index is 12.0. The number of nitrogens with one attached hydrogen (secondary N) is 1. The van der Waals surface area contributed by atoms with Gasteiger partial charge in [0.15, 0.2) is 0 Å². The Morgan fingerprint density at radius 2 is 2.38 bits per heavy atom. The van der Waals surface area contributed by atoms with E-state index in [4.69, 9.17) is 0 Å². The Labute approximate surface area is 93.4 Å². The lowest BCUT2D eigenvalue weighted by atomic mass is 10.2. The van der Waals surface area contributed by atoms with Gasteiger partial charge in [0.2, 0.25) is 0 Å². The molecule has 0 amide bonds. The van der Waals surface area contributed by atoms with E-state index in [1.54, 1.807) is 0 Å². The van der Waals surface area contributed by atoms with Crippen LogP contribution < -0.4 is 5.32 Å². The summed E-state index contributed by atoms with van der Waals surface area (Å²) in [5.41, 5.74) is 1.65. The molecule has 0 radical (unpaired) electrons. The Balaban J connectivity index is 2.70. The lowest BCUT2D eigenvalue weighted by molar-refractivity contribution is -0.146. The summed E-state index contributed by atoms with van der Waals surface area (Å²) in [5, 5.41) is 3.55. The van der Waals surface area contributed by atoms with Crippen LogP contribution in [0.3, 0.4) is 0 Å². The fourth-order valence-corrected chi connectivity index (χ4v) is 1.59. The fraction of sp³-hybridized carbons (Fsp3) is 0.500. The van der Waals surface area contributed by atoms with Gasteiger partial charge < -0.3 is 4.74 Å². The Kier molecular flexibility index (Phi) is 4.25. The van der Waals surface area contributed by atoms with E-state index in [0.29, 0.717) is 0 Å². The Bertz CT molecular complexity index is 340. The van der Waals surface area contributed by atoms with Gasteiger partial charge in [0.05, 0.1) is 24.9 Å². The summed E-state index contributed by atoms with van der Waals surface area (Å²) in [6, 6.07) is -1.18. The summed E-state index contributed by atoms with van der Waals surface area (Å²) in [7, 11) is 1.11. The molecule has 1 heterocycles. The Morgan fingerprint density at radius 1 is 1.69 bits per heavy atom. The summed E-state index contributed by atoms with van der Waals surface area (Å²) < 4.78 is 40.4. The molecule has 0 spiro atoms. The van der Waals surface area contributed by atoms with E-state index < -0.39 is 24.7 Å². The third-order valence-corrected chi connectivity index (χ3v) is 2.30. The van der Waals surface area contributed by atoms with Crippen molar-refractivity contribution in [2.75, 3.05) is 13.7 Å². The molecule has 0 aliphatic rings. The minimum absolute atomic E-state index is 0.223. The lowest BCUT2D eigenvalue weighted by Gasteiger charge is -2.15. The van der Waals surface area contributed by atoms with Crippen molar-refractivity contribution < 1.29 is 22.7 Å². The van der Waals surface area contributed by atoms with E-state index in [0.717, 1.165) is 7.11 Å². The number of hydrogen-bond acceptors (Lipinski definition) is 5. The van der Waals surface area contributed by atoms with Crippen LogP contribution in [0.1, 0.15) is 11.7 Å². The van der Waals surface area contributed by atoms with Crippen molar-refractivity contribution in [1.29, 1.82) is 0 Å². The number of esters is 1. The molecule has 0 aromatic carbocycles. The second-order valence-electron chi connectivity index (χ2n) is 2.87. The molecule has 0 aliphatic carbocycles. The molecule has 0 saturated carbocycles. The molecule has 4 nitrogen and oxygen atoms in total. The second kappa shape index (κ2) is 5.26. The number of aromatic nitrogens is 1. The van der Waals surface area contributed by atoms with Gasteiger partial charge in [-0.25, -0.2) is 9.78 Å². The predicted octanol–water partition coefficient (Wildman–Crippen LogP) is 1.51. The van der Waals surface area contributed by atoms with E-state index in [1.807, 2.05) is 0 Å². The quantitative estimate of drug-likeness (QED) is 0.827. The maximum Gasteiger partial charge on any atom is 0.401 e. The van der Waals surface area contributed by atoms with Gasteiger partial charge in [-0.15, -0.1) is 11.3 Å². The van der Waals surface area contributed by atoms with Gasteiger partial charge in [-0.1, -0.05) is 0 Å². The van der Waals surface area contributed by atoms with Gasteiger partial charge in [0.25, 0.3) is 0 Å². The van der Waals surface area contributed by atoms with Gasteiger partial charge in [-0.2, -0.15) is 13.2 Å². The number of methoxy groups -OCH3 is 1. The van der Waals surface area contributed by atoms with Crippen molar-refractivity contribution in [1.82, 2.24) is 10.3 Å². The molecule has 8 heteroatoms. The number of carbonyl (C=O) groups is 1. The Morgan fingerprint density at radius 3 is 2.81 bits per heavy atom. The van der Waals surface area contributed by atoms with E-state index in [1.165, 1.54) is 22.2 Å². The highest BCUT2D eigenvalue weighted by molar-refractivity contribution is 7.07. The van der Waals surface area contributed by atoms with Crippen LogP contribution in [-0.4, -0.2) is 30.8 Å². The van der Waals surface area contributed by atoms with E-state index in [-0.39, 0.29) is 5.69 Å². The van der Waals surface area contributed by atoms with Crippen LogP contribution in [0.4, 0.5) is 13.2 Å². The first-order valence-electron chi connectivity index (χ1n) is 4.20. The molecule has 1 unspecified atom stereocenters. The molecule has 90 valence electrons. The highest BCUT2D eigenvalue weighted by Gasteiger charge is 2.31. The van der Waals surface area contributed by atoms with E-state index >= 15 is 0 Å². The van der Waals surface area contributed by atoms with Crippen molar-refractivity contribution in [3.8, 4) is 0 Å². The Hall–Kier alpha value is -1.15. The molecule has 1 aromatic rings. The molecule has 0 fully saturated rings. The van der Waals surface area contributed by atoms with Crippen LogP contribution in [0.2, 0.25) is 0 Å². The molecular weight excluding hydrogens is 245 g/mol. The maximum absolute atomic E-state index is 12.0. The summed E-state index contributed by atoms with van der Waals surface area (Å²) in [5.74, 6) is -0.796. The number of hydrogen-bond donors (Lipinski definition) is 1. The molecule has 1 rings (SSSR count). The van der Waals surface area contributed by atoms with Crippen molar-refractivity contribution >= 4 is 17.3 Å². The first-order valence-corrected chi connectivity index (χ1v) is 5.14. The first-order chi connectivity index (χ1) is 7.44. The van der Waals surface area contributed by atoms with Crippen molar-refractivity contribution in [3.05, 3.63) is 16.6 Å². The predicted molar refractivity (Wildman–Crippen MR) is 50.9 cm³/mol. The van der Waals surface area contributed by atoms with Gasteiger partial charge >= 0.3 is 12.1 Å². The molecule has 1 aromatic heterocycles. The van der Waals surface area contributed by atoms with Crippen molar-refractivity contribution in [3.63, 3.8) is 0 Å². The van der Waals surface area contributed by atoms with Crippen LogP contribution in [0.25, 0.3) is 0 Å². The smallest absolute Gasteiger partial charge is 0.401 e. The van der Waals surface area contributed by atoms with Crippen LogP contribution >= 0.6 is 11.3 Å². The number of carbonyl (C=O) groups excluding carboxylic acids is 1. The molecular formula is C8H9F3N2O2S. The van der Waals surface area contributed by atoms with Crippen LogP contribution in [0.5, 0.6) is 0 Å². The number of alkyl halides is 3. The fourth-order valence-electron chi connectivity index (χ4n) is 1.01. The average molecular weight is 254 g/mol. The van der Waals surface area contributed by atoms with Gasteiger partial charge in [0, 0.05) is 5.38 Å². The number of nitrogens with zero attached hydrogens (tertiary/aromatic N) is 1. The van der Waals surface area contributed by atoms with Crippen LogP contribution in [0, 0.1) is 0 Å².